The van der Waals surface area contributed by atoms with Crippen molar-refractivity contribution in [2.75, 3.05) is 36.0 Å². The standard InChI is InChI=1S/C9H14IN5O4/c10-6(17)4(1-16)19-3-15-2-12-5-7(15)13-9(11)14-8(5)18/h4,6,12,16-17H,1-3H2,(H3,11,13,14,18). The van der Waals surface area contributed by atoms with Gasteiger partial charge in [-0.1, -0.05) is 0 Å². The normalized spacial score (nSPS) is 16.9. The molecule has 106 valence electrons. The van der Waals surface area contributed by atoms with Crippen molar-refractivity contribution in [3.63, 3.8) is 0 Å². The van der Waals surface area contributed by atoms with Crippen LogP contribution in [0, 0.1) is 0 Å². The number of H-pyrrole nitrogens is 1. The Hall–Kier alpha value is -1.11. The average Bonchev–Trinajstić information content (AvgIpc) is 2.73. The first kappa shape index (κ1) is 14.3. The van der Waals surface area contributed by atoms with Gasteiger partial charge in [0, 0.05) is 0 Å². The SMILES string of the molecule is Nc1nc2c(c(=O)[nH]1)NCN2COC(CO)C(O)I. The van der Waals surface area contributed by atoms with Crippen molar-refractivity contribution in [2.45, 2.75) is 10.2 Å². The molecular weight excluding hydrogens is 369 g/mol. The number of hydrogen-bond donors (Lipinski definition) is 5. The molecule has 2 atom stereocenters. The molecule has 10 heteroatoms. The highest BCUT2D eigenvalue weighted by Crippen LogP contribution is 2.25. The second kappa shape index (κ2) is 5.90. The van der Waals surface area contributed by atoms with Gasteiger partial charge in [-0.3, -0.25) is 9.78 Å². The zero-order valence-electron chi connectivity index (χ0n) is 9.84. The molecule has 0 fully saturated rings. The van der Waals surface area contributed by atoms with Gasteiger partial charge < -0.3 is 30.9 Å². The third-order valence-corrected chi connectivity index (χ3v) is 3.40. The van der Waals surface area contributed by atoms with E-state index >= 15 is 0 Å². The third-order valence-electron chi connectivity index (χ3n) is 2.60. The number of nitrogens with two attached hydrogens (primary N) is 1. The minimum atomic E-state index is -0.824. The number of rotatable bonds is 5. The molecule has 1 aromatic rings. The van der Waals surface area contributed by atoms with Crippen LogP contribution in [-0.2, 0) is 4.74 Å². The number of anilines is 3. The number of aromatic nitrogens is 2. The maximum atomic E-state index is 11.6. The van der Waals surface area contributed by atoms with Crippen molar-refractivity contribution in [1.29, 1.82) is 0 Å². The quantitative estimate of drug-likeness (QED) is 0.310. The first-order valence-corrected chi connectivity index (χ1v) is 6.70. The largest absolute Gasteiger partial charge is 0.394 e. The Morgan fingerprint density at radius 2 is 2.37 bits per heavy atom. The Morgan fingerprint density at radius 3 is 3.00 bits per heavy atom. The molecule has 1 aromatic heterocycles. The summed E-state index contributed by atoms with van der Waals surface area (Å²) in [4.78, 5) is 19.6. The molecule has 0 saturated carbocycles. The highest BCUT2D eigenvalue weighted by Gasteiger charge is 2.25. The molecule has 2 heterocycles. The van der Waals surface area contributed by atoms with E-state index in [1.54, 1.807) is 27.5 Å². The van der Waals surface area contributed by atoms with Crippen LogP contribution >= 0.6 is 22.6 Å². The van der Waals surface area contributed by atoms with E-state index < -0.39 is 10.2 Å². The van der Waals surface area contributed by atoms with Crippen molar-refractivity contribution in [2.24, 2.45) is 0 Å². The Labute approximate surface area is 121 Å². The second-order valence-corrected chi connectivity index (χ2v) is 5.19. The zero-order chi connectivity index (χ0) is 14.0. The van der Waals surface area contributed by atoms with Gasteiger partial charge in [0.1, 0.15) is 22.6 Å². The number of hydrogen-bond acceptors (Lipinski definition) is 8. The molecule has 1 aliphatic heterocycles. The summed E-state index contributed by atoms with van der Waals surface area (Å²) >= 11 is 1.75. The Morgan fingerprint density at radius 1 is 1.63 bits per heavy atom. The van der Waals surface area contributed by atoms with E-state index in [4.69, 9.17) is 15.6 Å². The maximum Gasteiger partial charge on any atom is 0.277 e. The molecule has 0 spiro atoms. The monoisotopic (exact) mass is 383 g/mol. The van der Waals surface area contributed by atoms with E-state index in [0.717, 1.165) is 0 Å². The fourth-order valence-corrected chi connectivity index (χ4v) is 2.06. The fourth-order valence-electron chi connectivity index (χ4n) is 1.63. The van der Waals surface area contributed by atoms with Gasteiger partial charge in [-0.25, -0.2) is 0 Å². The van der Waals surface area contributed by atoms with Crippen molar-refractivity contribution in [1.82, 2.24) is 9.97 Å². The van der Waals surface area contributed by atoms with Gasteiger partial charge in [-0.2, -0.15) is 4.98 Å². The number of aliphatic hydroxyl groups excluding tert-OH is 2. The van der Waals surface area contributed by atoms with Crippen molar-refractivity contribution >= 4 is 40.0 Å². The van der Waals surface area contributed by atoms with E-state index in [9.17, 15) is 9.90 Å². The van der Waals surface area contributed by atoms with E-state index in [1.165, 1.54) is 0 Å². The number of nitrogen functional groups attached to an aromatic ring is 1. The molecule has 6 N–H and O–H groups in total. The van der Waals surface area contributed by atoms with Gasteiger partial charge in [0.25, 0.3) is 5.56 Å². The van der Waals surface area contributed by atoms with Crippen LogP contribution in [0.4, 0.5) is 17.5 Å². The summed E-state index contributed by atoms with van der Waals surface area (Å²) in [5, 5.41) is 21.3. The number of nitrogens with one attached hydrogen (secondary N) is 2. The summed E-state index contributed by atoms with van der Waals surface area (Å²) in [5.41, 5.74) is 5.46. The van der Waals surface area contributed by atoms with Gasteiger partial charge >= 0.3 is 0 Å². The number of aromatic amines is 1. The van der Waals surface area contributed by atoms with Gasteiger partial charge in [0.05, 0.1) is 13.3 Å². The van der Waals surface area contributed by atoms with Crippen molar-refractivity contribution < 1.29 is 14.9 Å². The first-order valence-electron chi connectivity index (χ1n) is 5.46. The molecule has 0 amide bonds. The van der Waals surface area contributed by atoms with Crippen molar-refractivity contribution in [3.8, 4) is 0 Å². The topological polar surface area (TPSA) is 137 Å². The molecule has 9 nitrogen and oxygen atoms in total. The van der Waals surface area contributed by atoms with E-state index in [0.29, 0.717) is 18.2 Å². The fraction of sp³-hybridized carbons (Fsp3) is 0.556. The third kappa shape index (κ3) is 3.08. The van der Waals surface area contributed by atoms with Crippen LogP contribution < -0.4 is 21.5 Å². The summed E-state index contributed by atoms with van der Waals surface area (Å²) in [7, 11) is 0. The smallest absolute Gasteiger partial charge is 0.277 e. The molecule has 0 saturated heterocycles. The first-order chi connectivity index (χ1) is 9.02. The van der Waals surface area contributed by atoms with E-state index in [-0.39, 0.29) is 24.8 Å². The van der Waals surface area contributed by atoms with Crippen LogP contribution in [-0.4, -0.2) is 50.4 Å². The summed E-state index contributed by atoms with van der Waals surface area (Å²) in [5.74, 6) is 0.408. The highest BCUT2D eigenvalue weighted by atomic mass is 127. The maximum absolute atomic E-state index is 11.6. The number of nitrogens with zero attached hydrogens (tertiary/aromatic N) is 2. The number of ether oxygens (including phenoxy) is 1. The predicted molar refractivity (Wildman–Crippen MR) is 77.1 cm³/mol. The summed E-state index contributed by atoms with van der Waals surface area (Å²) in [6, 6.07) is 0. The second-order valence-electron chi connectivity index (χ2n) is 3.91. The lowest BCUT2D eigenvalue weighted by atomic mass is 10.4. The Balaban J connectivity index is 2.08. The van der Waals surface area contributed by atoms with Crippen LogP contribution in [0.5, 0.6) is 0 Å². The average molecular weight is 383 g/mol. The molecule has 2 rings (SSSR count). The van der Waals surface area contributed by atoms with E-state index in [1.807, 2.05) is 0 Å². The van der Waals surface area contributed by atoms with Gasteiger partial charge in [-0.05, 0) is 22.6 Å². The van der Waals surface area contributed by atoms with Crippen LogP contribution in [0.2, 0.25) is 0 Å². The summed E-state index contributed by atoms with van der Waals surface area (Å²) in [6.07, 6.45) is -0.705. The number of fused-ring (bicyclic) bond motifs is 1. The minimum absolute atomic E-state index is 0.0186. The number of aliphatic hydroxyl groups is 2. The molecule has 0 bridgehead atoms. The molecule has 19 heavy (non-hydrogen) atoms. The Bertz CT molecular complexity index is 508. The van der Waals surface area contributed by atoms with Crippen LogP contribution in [0.3, 0.4) is 0 Å². The number of alkyl halides is 1. The minimum Gasteiger partial charge on any atom is -0.394 e. The van der Waals surface area contributed by atoms with Gasteiger partial charge in [0.15, 0.2) is 5.82 Å². The molecule has 0 aromatic carbocycles. The van der Waals surface area contributed by atoms with Crippen LogP contribution in [0.15, 0.2) is 4.79 Å². The van der Waals surface area contributed by atoms with Crippen molar-refractivity contribution in [3.05, 3.63) is 10.4 Å². The lowest BCUT2D eigenvalue weighted by molar-refractivity contribution is -0.0255. The van der Waals surface area contributed by atoms with Crippen LogP contribution in [0.25, 0.3) is 0 Å². The summed E-state index contributed by atoms with van der Waals surface area (Å²) < 4.78 is 4.53. The molecule has 0 radical (unpaired) electrons. The van der Waals surface area contributed by atoms with Crippen LogP contribution in [0.1, 0.15) is 0 Å². The molecular formula is C9H14IN5O4. The molecule has 2 unspecified atom stereocenters. The Kier molecular flexibility index (Phi) is 4.44. The highest BCUT2D eigenvalue weighted by molar-refractivity contribution is 14.1. The number of halogens is 1. The molecule has 0 aliphatic carbocycles. The van der Waals surface area contributed by atoms with Gasteiger partial charge in [-0.15, -0.1) is 0 Å². The zero-order valence-corrected chi connectivity index (χ0v) is 12.0. The molecule has 1 aliphatic rings. The van der Waals surface area contributed by atoms with Gasteiger partial charge in [0.2, 0.25) is 5.95 Å². The lowest BCUT2D eigenvalue weighted by Gasteiger charge is -2.22. The predicted octanol–water partition coefficient (Wildman–Crippen LogP) is -1.37. The summed E-state index contributed by atoms with van der Waals surface area (Å²) in [6.45, 7) is 0.106. The lowest BCUT2D eigenvalue weighted by Crippen LogP contribution is -2.35. The van der Waals surface area contributed by atoms with E-state index in [2.05, 4.69) is 15.3 Å².